The molecule has 0 spiro atoms. The van der Waals surface area contributed by atoms with Crippen LogP contribution in [-0.4, -0.2) is 43.9 Å². The first kappa shape index (κ1) is 14.6. The van der Waals surface area contributed by atoms with Gasteiger partial charge in [-0.2, -0.15) is 12.7 Å². The molecule has 1 aromatic rings. The van der Waals surface area contributed by atoms with Crippen molar-refractivity contribution in [3.8, 4) is 0 Å². The minimum atomic E-state index is -4.06. The maximum Gasteiger partial charge on any atom is 0.302 e. The molecule has 1 N–H and O–H groups in total. The molecule has 10 heteroatoms. The average Bonchev–Trinajstić information content (AvgIpc) is 2.41. The molecule has 0 saturated carbocycles. The van der Waals surface area contributed by atoms with Gasteiger partial charge in [0, 0.05) is 19.2 Å². The Morgan fingerprint density at radius 2 is 2.00 bits per heavy atom. The highest BCUT2D eigenvalue weighted by atomic mass is 32.2. The van der Waals surface area contributed by atoms with Gasteiger partial charge < -0.3 is 4.74 Å². The Morgan fingerprint density at radius 1 is 1.35 bits per heavy atom. The van der Waals surface area contributed by atoms with Crippen molar-refractivity contribution in [2.24, 2.45) is 0 Å². The number of nitrogens with one attached hydrogen (secondary N) is 1. The number of hydrogen-bond acceptors (Lipinski definition) is 5. The normalized spacial score (nSPS) is 16.9. The summed E-state index contributed by atoms with van der Waals surface area (Å²) in [4.78, 5) is 9.96. The molecule has 1 saturated heterocycles. The third kappa shape index (κ3) is 3.03. The first-order chi connectivity index (χ1) is 9.42. The van der Waals surface area contributed by atoms with Gasteiger partial charge in [0.25, 0.3) is 5.69 Å². The molecule has 1 aromatic carbocycles. The Labute approximate surface area is 114 Å². The fourth-order valence-corrected chi connectivity index (χ4v) is 2.97. The lowest BCUT2D eigenvalue weighted by atomic mass is 10.2. The number of hydrogen-bond donors (Lipinski definition) is 1. The van der Waals surface area contributed by atoms with E-state index in [1.165, 1.54) is 0 Å². The average molecular weight is 305 g/mol. The molecule has 1 aliphatic rings. The van der Waals surface area contributed by atoms with Crippen molar-refractivity contribution in [3.05, 3.63) is 34.1 Å². The SMILES string of the molecule is O=[N+]([O-])c1cccc(F)c1NS(=O)(=O)N1CCOCC1. The van der Waals surface area contributed by atoms with E-state index < -0.39 is 32.3 Å². The zero-order chi connectivity index (χ0) is 14.8. The highest BCUT2D eigenvalue weighted by Gasteiger charge is 2.28. The summed E-state index contributed by atoms with van der Waals surface area (Å²) < 4.78 is 45.7. The van der Waals surface area contributed by atoms with Crippen LogP contribution < -0.4 is 4.72 Å². The Balaban J connectivity index is 2.31. The highest BCUT2D eigenvalue weighted by Crippen LogP contribution is 2.28. The minimum absolute atomic E-state index is 0.109. The summed E-state index contributed by atoms with van der Waals surface area (Å²) in [6.07, 6.45) is 0. The zero-order valence-corrected chi connectivity index (χ0v) is 11.1. The molecular weight excluding hydrogens is 293 g/mol. The topological polar surface area (TPSA) is 102 Å². The Hall–Kier alpha value is -1.78. The van der Waals surface area contributed by atoms with Gasteiger partial charge in [-0.15, -0.1) is 0 Å². The summed E-state index contributed by atoms with van der Waals surface area (Å²) in [5.74, 6) is -1.00. The van der Waals surface area contributed by atoms with Crippen LogP contribution in [-0.2, 0) is 14.9 Å². The lowest BCUT2D eigenvalue weighted by Gasteiger charge is -2.26. The summed E-state index contributed by atoms with van der Waals surface area (Å²) in [6, 6.07) is 3.12. The quantitative estimate of drug-likeness (QED) is 0.652. The van der Waals surface area contributed by atoms with Crippen molar-refractivity contribution < 1.29 is 22.5 Å². The number of anilines is 1. The predicted octanol–water partition coefficient (Wildman–Crippen LogP) is 0.723. The number of benzene rings is 1. The van der Waals surface area contributed by atoms with E-state index in [9.17, 15) is 22.9 Å². The molecule has 0 unspecified atom stereocenters. The highest BCUT2D eigenvalue weighted by molar-refractivity contribution is 7.90. The number of ether oxygens (including phenoxy) is 1. The molecular formula is C10H12FN3O5S. The van der Waals surface area contributed by atoms with Crippen LogP contribution in [0.5, 0.6) is 0 Å². The maximum absolute atomic E-state index is 13.6. The molecule has 0 aromatic heterocycles. The Kier molecular flexibility index (Phi) is 4.16. The van der Waals surface area contributed by atoms with E-state index in [-0.39, 0.29) is 26.3 Å². The number of halogens is 1. The fraction of sp³-hybridized carbons (Fsp3) is 0.400. The van der Waals surface area contributed by atoms with E-state index in [0.29, 0.717) is 0 Å². The molecule has 110 valence electrons. The largest absolute Gasteiger partial charge is 0.379 e. The summed E-state index contributed by atoms with van der Waals surface area (Å²) >= 11 is 0. The van der Waals surface area contributed by atoms with Crippen LogP contribution >= 0.6 is 0 Å². The van der Waals surface area contributed by atoms with E-state index in [1.807, 2.05) is 4.72 Å². The summed E-state index contributed by atoms with van der Waals surface area (Å²) in [5.41, 5.74) is -1.30. The van der Waals surface area contributed by atoms with Crippen LogP contribution in [0.15, 0.2) is 18.2 Å². The molecule has 8 nitrogen and oxygen atoms in total. The smallest absolute Gasteiger partial charge is 0.302 e. The van der Waals surface area contributed by atoms with Crippen molar-refractivity contribution in [1.82, 2.24) is 4.31 Å². The van der Waals surface area contributed by atoms with Crippen molar-refractivity contribution in [2.75, 3.05) is 31.0 Å². The summed E-state index contributed by atoms with van der Waals surface area (Å²) in [5, 5.41) is 10.8. The van der Waals surface area contributed by atoms with Crippen LogP contribution in [0.25, 0.3) is 0 Å². The first-order valence-corrected chi connectivity index (χ1v) is 7.14. The second-order valence-corrected chi connectivity index (χ2v) is 5.68. The van der Waals surface area contributed by atoms with E-state index in [4.69, 9.17) is 4.74 Å². The predicted molar refractivity (Wildman–Crippen MR) is 68.0 cm³/mol. The van der Waals surface area contributed by atoms with E-state index in [1.54, 1.807) is 0 Å². The summed E-state index contributed by atoms with van der Waals surface area (Å²) in [6.45, 7) is 0.662. The van der Waals surface area contributed by atoms with Crippen molar-refractivity contribution in [3.63, 3.8) is 0 Å². The Morgan fingerprint density at radius 3 is 2.60 bits per heavy atom. The third-order valence-corrected chi connectivity index (χ3v) is 4.24. The fourth-order valence-electron chi connectivity index (χ4n) is 1.75. The molecule has 0 amide bonds. The monoisotopic (exact) mass is 305 g/mol. The van der Waals surface area contributed by atoms with Gasteiger partial charge in [-0.25, -0.2) is 4.39 Å². The van der Waals surface area contributed by atoms with Crippen molar-refractivity contribution in [2.45, 2.75) is 0 Å². The van der Waals surface area contributed by atoms with Gasteiger partial charge in [-0.3, -0.25) is 14.8 Å². The molecule has 0 radical (unpaired) electrons. The van der Waals surface area contributed by atoms with Gasteiger partial charge in [-0.05, 0) is 6.07 Å². The number of nitro benzene ring substituents is 1. The number of rotatable bonds is 4. The van der Waals surface area contributed by atoms with Crippen LogP contribution in [0.1, 0.15) is 0 Å². The standard InChI is InChI=1S/C10H12FN3O5S/c11-8-2-1-3-9(14(15)16)10(8)12-20(17,18)13-4-6-19-7-5-13/h1-3,12H,4-7H2. The number of nitrogens with zero attached hydrogens (tertiary/aromatic N) is 2. The zero-order valence-electron chi connectivity index (χ0n) is 10.3. The van der Waals surface area contributed by atoms with Crippen LogP contribution in [0, 0.1) is 15.9 Å². The second kappa shape index (κ2) is 5.69. The first-order valence-electron chi connectivity index (χ1n) is 5.70. The van der Waals surface area contributed by atoms with E-state index >= 15 is 0 Å². The second-order valence-electron chi connectivity index (χ2n) is 4.01. The molecule has 20 heavy (non-hydrogen) atoms. The molecule has 2 rings (SSSR count). The van der Waals surface area contributed by atoms with E-state index in [0.717, 1.165) is 22.5 Å². The lowest BCUT2D eigenvalue weighted by molar-refractivity contribution is -0.384. The third-order valence-electron chi connectivity index (χ3n) is 2.73. The number of nitro groups is 1. The van der Waals surface area contributed by atoms with Crippen LogP contribution in [0.2, 0.25) is 0 Å². The van der Waals surface area contributed by atoms with Crippen molar-refractivity contribution >= 4 is 21.6 Å². The molecule has 0 atom stereocenters. The number of morpholine rings is 1. The van der Waals surface area contributed by atoms with Gasteiger partial charge in [0.2, 0.25) is 0 Å². The van der Waals surface area contributed by atoms with Crippen LogP contribution in [0.3, 0.4) is 0 Å². The minimum Gasteiger partial charge on any atom is -0.379 e. The molecule has 1 heterocycles. The van der Waals surface area contributed by atoms with Crippen molar-refractivity contribution in [1.29, 1.82) is 0 Å². The number of para-hydroxylation sites is 1. The maximum atomic E-state index is 13.6. The summed E-state index contributed by atoms with van der Waals surface area (Å²) in [7, 11) is -4.06. The van der Waals surface area contributed by atoms with Gasteiger partial charge in [-0.1, -0.05) is 6.07 Å². The molecule has 1 fully saturated rings. The molecule has 0 aliphatic carbocycles. The van der Waals surface area contributed by atoms with E-state index in [2.05, 4.69) is 0 Å². The van der Waals surface area contributed by atoms with Gasteiger partial charge in [0.05, 0.1) is 18.1 Å². The molecule has 1 aliphatic heterocycles. The van der Waals surface area contributed by atoms with Gasteiger partial charge in [0.1, 0.15) is 0 Å². The lowest BCUT2D eigenvalue weighted by Crippen LogP contribution is -2.43. The molecule has 0 bridgehead atoms. The Bertz CT molecular complexity index is 615. The van der Waals surface area contributed by atoms with Gasteiger partial charge >= 0.3 is 10.2 Å². The van der Waals surface area contributed by atoms with Gasteiger partial charge in [0.15, 0.2) is 11.5 Å². The van der Waals surface area contributed by atoms with Crippen LogP contribution in [0.4, 0.5) is 15.8 Å².